The number of para-hydroxylation sites is 1. The predicted octanol–water partition coefficient (Wildman–Crippen LogP) is 4.13. The van der Waals surface area contributed by atoms with Gasteiger partial charge in [-0.15, -0.1) is 0 Å². The van der Waals surface area contributed by atoms with Crippen molar-refractivity contribution >= 4 is 17.1 Å². The van der Waals surface area contributed by atoms with Gasteiger partial charge in [0.15, 0.2) is 0 Å². The summed E-state index contributed by atoms with van der Waals surface area (Å²) in [6.07, 6.45) is 3.25. The Morgan fingerprint density at radius 3 is 2.11 bits per heavy atom. The largest absolute Gasteiger partial charge is 0.359 e. The fourth-order valence-corrected chi connectivity index (χ4v) is 4.05. The van der Waals surface area contributed by atoms with Crippen molar-refractivity contribution in [1.82, 2.24) is 20.0 Å². The zero-order chi connectivity index (χ0) is 20.1. The highest BCUT2D eigenvalue weighted by Gasteiger charge is 2.51. The summed E-state index contributed by atoms with van der Waals surface area (Å²) in [6.45, 7) is 17.3. The van der Waals surface area contributed by atoms with E-state index in [0.717, 1.165) is 16.5 Å². The lowest BCUT2D eigenvalue weighted by atomic mass is 10.0. The number of fused-ring (bicyclic) bond motifs is 1. The molecule has 2 heterocycles. The molecule has 0 radical (unpaired) electrons. The number of allylic oxidation sites excluding steroid dienone is 2. The van der Waals surface area contributed by atoms with Gasteiger partial charge in [0.1, 0.15) is 0 Å². The van der Waals surface area contributed by atoms with E-state index in [1.807, 2.05) is 18.2 Å². The van der Waals surface area contributed by atoms with Gasteiger partial charge in [0, 0.05) is 32.6 Å². The molecule has 0 spiro atoms. The molecule has 146 valence electrons. The van der Waals surface area contributed by atoms with Crippen LogP contribution in [0.5, 0.6) is 0 Å². The molecule has 6 nitrogen and oxygen atoms in total. The topological polar surface area (TPSA) is 58.4 Å². The maximum atomic E-state index is 11.2. The van der Waals surface area contributed by atoms with Crippen LogP contribution in [-0.2, 0) is 0 Å². The van der Waals surface area contributed by atoms with Gasteiger partial charge in [0.2, 0.25) is 6.21 Å². The van der Waals surface area contributed by atoms with Gasteiger partial charge in [-0.2, -0.15) is 5.10 Å². The van der Waals surface area contributed by atoms with Crippen LogP contribution in [0.15, 0.2) is 35.8 Å². The molecular formula is C21H32N5O+. The van der Waals surface area contributed by atoms with Crippen molar-refractivity contribution in [2.45, 2.75) is 72.8 Å². The molecule has 0 bridgehead atoms. The molecule has 2 aromatic rings. The molecule has 0 unspecified atom stereocenters. The Morgan fingerprint density at radius 1 is 1.04 bits per heavy atom. The van der Waals surface area contributed by atoms with E-state index in [1.54, 1.807) is 12.4 Å². The van der Waals surface area contributed by atoms with Crippen LogP contribution in [0.1, 0.15) is 61.0 Å². The van der Waals surface area contributed by atoms with E-state index in [0.29, 0.717) is 0 Å². The number of benzene rings is 1. The summed E-state index contributed by atoms with van der Waals surface area (Å²) in [4.78, 5) is 4.55. The molecule has 1 aromatic carbocycles. The third-order valence-electron chi connectivity index (χ3n) is 5.17. The Kier molecular flexibility index (Phi) is 4.49. The summed E-state index contributed by atoms with van der Waals surface area (Å²) in [7, 11) is 0. The Labute approximate surface area is 161 Å². The first kappa shape index (κ1) is 19.3. The van der Waals surface area contributed by atoms with Gasteiger partial charge in [0.25, 0.3) is 0 Å². The highest BCUT2D eigenvalue weighted by atomic mass is 16.5. The van der Waals surface area contributed by atoms with Crippen LogP contribution in [0.25, 0.3) is 10.9 Å². The van der Waals surface area contributed by atoms with Gasteiger partial charge in [-0.25, -0.2) is 0 Å². The first-order chi connectivity index (χ1) is 12.4. The van der Waals surface area contributed by atoms with Gasteiger partial charge in [-0.3, -0.25) is 20.1 Å². The average molecular weight is 371 g/mol. The summed E-state index contributed by atoms with van der Waals surface area (Å²) in [5.74, 6) is 0. The molecule has 0 saturated carbocycles. The van der Waals surface area contributed by atoms with Crippen LogP contribution in [0.4, 0.5) is 0 Å². The highest BCUT2D eigenvalue weighted by Crippen LogP contribution is 2.39. The van der Waals surface area contributed by atoms with Crippen LogP contribution in [0.3, 0.4) is 0 Å². The zero-order valence-corrected chi connectivity index (χ0v) is 17.7. The Balaban J connectivity index is 2.14. The van der Waals surface area contributed by atoms with Crippen LogP contribution >= 0.6 is 0 Å². The van der Waals surface area contributed by atoms with E-state index in [2.05, 4.69) is 75.4 Å². The van der Waals surface area contributed by atoms with Crippen molar-refractivity contribution in [2.75, 3.05) is 0 Å². The number of nitrogens with one attached hydrogen (secondary N) is 1. The second-order valence-electron chi connectivity index (χ2n) is 9.29. The first-order valence-corrected chi connectivity index (χ1v) is 9.43. The first-order valence-electron chi connectivity index (χ1n) is 9.43. The minimum absolute atomic E-state index is 0.148. The molecule has 6 heteroatoms. The summed E-state index contributed by atoms with van der Waals surface area (Å²) in [6, 6.07) is 5.96. The van der Waals surface area contributed by atoms with Crippen LogP contribution in [-0.4, -0.2) is 53.5 Å². The summed E-state index contributed by atoms with van der Waals surface area (Å²) >= 11 is 0. The third kappa shape index (κ3) is 3.29. The highest BCUT2D eigenvalue weighted by molar-refractivity contribution is 5.95. The Hall–Kier alpha value is -2.50. The molecule has 0 amide bonds. The molecule has 2 N–H and O–H groups in total. The molecule has 3 rings (SSSR count). The molecule has 1 aliphatic rings. The number of hydrogen-bond donors (Lipinski definition) is 2. The number of rotatable bonds is 2. The zero-order valence-electron chi connectivity index (χ0n) is 17.7. The molecule has 0 fully saturated rings. The van der Waals surface area contributed by atoms with Crippen molar-refractivity contribution in [3.63, 3.8) is 0 Å². The van der Waals surface area contributed by atoms with Gasteiger partial charge >= 0.3 is 6.29 Å². The quantitative estimate of drug-likeness (QED) is 0.361. The van der Waals surface area contributed by atoms with Crippen molar-refractivity contribution in [3.05, 3.63) is 41.4 Å². The number of H-pyrrole nitrogens is 1. The molecule has 27 heavy (non-hydrogen) atoms. The smallest absolute Gasteiger partial charge is 0.290 e. The van der Waals surface area contributed by atoms with Gasteiger partial charge in [-0.05, 0) is 61.5 Å². The van der Waals surface area contributed by atoms with Crippen LogP contribution < -0.4 is 0 Å². The second kappa shape index (κ2) is 6.29. The molecule has 1 aromatic heterocycles. The number of aromatic nitrogens is 2. The minimum Gasteiger partial charge on any atom is -0.290 e. The standard InChI is InChI=1S/C21H31N5O/c1-14-15(2)26(21(6,7)8)19(25(14)20(3,4)5)24(27)13-17-11-9-10-16-12-22-23-18(16)17/h9-13,19,27H,1-8H3/p+1. The molecule has 0 saturated heterocycles. The fraction of sp³-hybridized carbons (Fsp3) is 0.524. The van der Waals surface area contributed by atoms with Gasteiger partial charge in [0.05, 0.1) is 17.3 Å². The summed E-state index contributed by atoms with van der Waals surface area (Å²) < 4.78 is 1.33. The van der Waals surface area contributed by atoms with E-state index < -0.39 is 0 Å². The molecular weight excluding hydrogens is 338 g/mol. The Morgan fingerprint density at radius 2 is 1.59 bits per heavy atom. The lowest BCUT2D eigenvalue weighted by Gasteiger charge is -2.41. The van der Waals surface area contributed by atoms with E-state index >= 15 is 0 Å². The Bertz CT molecular complexity index is 881. The van der Waals surface area contributed by atoms with Crippen LogP contribution in [0, 0.1) is 0 Å². The third-order valence-corrected chi connectivity index (χ3v) is 5.17. The van der Waals surface area contributed by atoms with E-state index in [1.165, 1.54) is 16.1 Å². The number of hydrogen-bond acceptors (Lipinski definition) is 4. The molecule has 0 aliphatic carbocycles. The van der Waals surface area contributed by atoms with Crippen molar-refractivity contribution in [3.8, 4) is 0 Å². The SMILES string of the molecule is CC1=C(C)N(C(C)(C)C)C(/[N+](O)=C/c2cccc3cn[nH]c23)N1C(C)(C)C. The van der Waals surface area contributed by atoms with Gasteiger partial charge in [-0.1, -0.05) is 12.1 Å². The van der Waals surface area contributed by atoms with Crippen LogP contribution in [0.2, 0.25) is 0 Å². The van der Waals surface area contributed by atoms with Crippen molar-refractivity contribution < 1.29 is 9.95 Å². The van der Waals surface area contributed by atoms with Crippen molar-refractivity contribution in [1.29, 1.82) is 0 Å². The van der Waals surface area contributed by atoms with Gasteiger partial charge < -0.3 is 0 Å². The predicted molar refractivity (Wildman–Crippen MR) is 109 cm³/mol. The normalized spacial score (nSPS) is 17.6. The van der Waals surface area contributed by atoms with E-state index in [-0.39, 0.29) is 17.4 Å². The molecule has 0 atom stereocenters. The number of nitrogens with zero attached hydrogens (tertiary/aromatic N) is 4. The monoisotopic (exact) mass is 370 g/mol. The second-order valence-corrected chi connectivity index (χ2v) is 9.29. The van der Waals surface area contributed by atoms with Crippen molar-refractivity contribution in [2.24, 2.45) is 0 Å². The summed E-state index contributed by atoms with van der Waals surface area (Å²) in [5.41, 5.74) is 3.87. The lowest BCUT2D eigenvalue weighted by molar-refractivity contribution is -0.822. The number of aromatic amines is 1. The minimum atomic E-state index is -0.330. The maximum absolute atomic E-state index is 11.2. The average Bonchev–Trinajstić information content (AvgIpc) is 3.10. The maximum Gasteiger partial charge on any atom is 0.359 e. The lowest BCUT2D eigenvalue weighted by Crippen LogP contribution is -2.58. The summed E-state index contributed by atoms with van der Waals surface area (Å²) in [5, 5.41) is 19.4. The molecule has 1 aliphatic heterocycles. The van der Waals surface area contributed by atoms with E-state index in [9.17, 15) is 5.21 Å². The van der Waals surface area contributed by atoms with E-state index in [4.69, 9.17) is 0 Å². The fourth-order valence-electron chi connectivity index (χ4n) is 4.05. The number of hydroxylamine groups is 1.